The average Bonchev–Trinajstić information content (AvgIpc) is 3.16. The number of alkyl halides is 3. The fourth-order valence-corrected chi connectivity index (χ4v) is 2.74. The van der Waals surface area contributed by atoms with Crippen LogP contribution >= 0.6 is 0 Å². The van der Waals surface area contributed by atoms with E-state index < -0.39 is 17.3 Å². The predicted molar refractivity (Wildman–Crippen MR) is 73.3 cm³/mol. The number of nitrogens with zero attached hydrogens (tertiary/aromatic N) is 4. The molecule has 1 atom stereocenters. The van der Waals surface area contributed by atoms with Crippen molar-refractivity contribution in [3.05, 3.63) is 41.2 Å². The van der Waals surface area contributed by atoms with Crippen LogP contribution in [-0.4, -0.2) is 33.6 Å². The number of hydrogen-bond donors (Lipinski definition) is 2. The van der Waals surface area contributed by atoms with Gasteiger partial charge >= 0.3 is 6.18 Å². The molecule has 2 heterocycles. The highest BCUT2D eigenvalue weighted by atomic mass is 19.4. The number of aliphatic hydroxyl groups is 1. The summed E-state index contributed by atoms with van der Waals surface area (Å²) in [5.41, 5.74) is -2.07. The molecule has 6 nitrogen and oxygen atoms in total. The zero-order valence-corrected chi connectivity index (χ0v) is 11.8. The molecule has 0 aliphatic carbocycles. The molecular weight excluding hydrogens is 311 g/mol. The maximum atomic E-state index is 13.3. The van der Waals surface area contributed by atoms with E-state index in [-0.39, 0.29) is 30.8 Å². The first-order valence-electron chi connectivity index (χ1n) is 6.78. The molecule has 0 radical (unpaired) electrons. The molecule has 2 aromatic rings. The van der Waals surface area contributed by atoms with Crippen LogP contribution in [0.25, 0.3) is 0 Å². The summed E-state index contributed by atoms with van der Waals surface area (Å²) in [5.74, 6) is 0. The third-order valence-electron chi connectivity index (χ3n) is 3.91. The van der Waals surface area contributed by atoms with Crippen LogP contribution in [0.15, 0.2) is 24.4 Å². The van der Waals surface area contributed by atoms with E-state index in [2.05, 4.69) is 15.4 Å². The highest BCUT2D eigenvalue weighted by Crippen LogP contribution is 2.41. The van der Waals surface area contributed by atoms with Crippen molar-refractivity contribution in [2.45, 2.75) is 18.2 Å². The van der Waals surface area contributed by atoms with Crippen LogP contribution in [-0.2, 0) is 11.8 Å². The number of aromatic amines is 1. The van der Waals surface area contributed by atoms with E-state index in [0.717, 1.165) is 6.07 Å². The van der Waals surface area contributed by atoms with Crippen molar-refractivity contribution in [1.29, 1.82) is 5.26 Å². The van der Waals surface area contributed by atoms with E-state index in [9.17, 15) is 18.3 Å². The normalized spacial score (nSPS) is 21.4. The topological polar surface area (TPSA) is 88.8 Å². The van der Waals surface area contributed by atoms with Crippen molar-refractivity contribution in [3.8, 4) is 6.07 Å². The molecule has 1 saturated heterocycles. The van der Waals surface area contributed by atoms with Crippen LogP contribution in [0.5, 0.6) is 0 Å². The number of anilines is 1. The van der Waals surface area contributed by atoms with Crippen LogP contribution < -0.4 is 4.90 Å². The minimum atomic E-state index is -4.59. The summed E-state index contributed by atoms with van der Waals surface area (Å²) in [5, 5.41) is 29.2. The fraction of sp³-hybridized carbons (Fsp3) is 0.357. The van der Waals surface area contributed by atoms with E-state index in [4.69, 9.17) is 5.26 Å². The van der Waals surface area contributed by atoms with Gasteiger partial charge in [0.15, 0.2) is 0 Å². The van der Waals surface area contributed by atoms with Gasteiger partial charge in [-0.15, -0.1) is 0 Å². The number of benzene rings is 1. The zero-order chi connectivity index (χ0) is 16.7. The van der Waals surface area contributed by atoms with Crippen LogP contribution in [0.2, 0.25) is 0 Å². The predicted octanol–water partition coefficient (Wildman–Crippen LogP) is 1.79. The van der Waals surface area contributed by atoms with Crippen LogP contribution in [0, 0.1) is 11.3 Å². The number of aromatic nitrogens is 3. The summed E-state index contributed by atoms with van der Waals surface area (Å²) in [6.07, 6.45) is -3.00. The standard InChI is InChI=1S/C14H12F3N5O/c15-14(16,17)10-5-9(6-18)1-2-11(10)22-4-3-13(23,8-22)12-7-19-21-20-12/h1-2,5,7,23H,3-4,8H2,(H,19,20,21). The molecule has 1 unspecified atom stereocenters. The summed E-state index contributed by atoms with van der Waals surface area (Å²) in [6.45, 7) is 0.201. The zero-order valence-electron chi connectivity index (χ0n) is 11.8. The van der Waals surface area contributed by atoms with Gasteiger partial charge in [0.05, 0.1) is 29.9 Å². The van der Waals surface area contributed by atoms with Gasteiger partial charge in [-0.3, -0.25) is 0 Å². The Morgan fingerprint density at radius 2 is 2.17 bits per heavy atom. The third-order valence-corrected chi connectivity index (χ3v) is 3.91. The van der Waals surface area contributed by atoms with Gasteiger partial charge < -0.3 is 10.0 Å². The molecule has 0 spiro atoms. The van der Waals surface area contributed by atoms with Crippen molar-refractivity contribution >= 4 is 5.69 Å². The lowest BCUT2D eigenvalue weighted by Gasteiger charge is -2.25. The lowest BCUT2D eigenvalue weighted by Crippen LogP contribution is -2.32. The molecule has 1 aromatic heterocycles. The number of halogens is 3. The van der Waals surface area contributed by atoms with E-state index >= 15 is 0 Å². The molecular formula is C14H12F3N5O. The SMILES string of the molecule is N#Cc1ccc(N2CCC(O)(c3cn[nH]n3)C2)c(C(F)(F)F)c1. The van der Waals surface area contributed by atoms with Gasteiger partial charge in [-0.1, -0.05) is 0 Å². The van der Waals surface area contributed by atoms with E-state index in [1.54, 1.807) is 6.07 Å². The summed E-state index contributed by atoms with van der Waals surface area (Å²) >= 11 is 0. The van der Waals surface area contributed by atoms with Crippen molar-refractivity contribution in [3.63, 3.8) is 0 Å². The Balaban J connectivity index is 1.96. The van der Waals surface area contributed by atoms with Crippen molar-refractivity contribution < 1.29 is 18.3 Å². The number of nitriles is 1. The third kappa shape index (κ3) is 2.73. The Labute approximate surface area is 129 Å². The monoisotopic (exact) mass is 323 g/mol. The Morgan fingerprint density at radius 3 is 2.78 bits per heavy atom. The first kappa shape index (κ1) is 15.3. The Bertz CT molecular complexity index is 753. The first-order chi connectivity index (χ1) is 10.8. The molecule has 120 valence electrons. The molecule has 1 aromatic carbocycles. The minimum absolute atomic E-state index is 0.0332. The summed E-state index contributed by atoms with van der Waals surface area (Å²) in [7, 11) is 0. The van der Waals surface area contributed by atoms with Gasteiger partial charge in [0, 0.05) is 18.7 Å². The lowest BCUT2D eigenvalue weighted by molar-refractivity contribution is -0.137. The Kier molecular flexibility index (Phi) is 3.49. The highest BCUT2D eigenvalue weighted by Gasteiger charge is 2.43. The van der Waals surface area contributed by atoms with Crippen molar-refractivity contribution in [1.82, 2.24) is 15.4 Å². The highest BCUT2D eigenvalue weighted by molar-refractivity contribution is 5.59. The number of H-pyrrole nitrogens is 1. The molecule has 1 aliphatic rings. The molecule has 0 amide bonds. The van der Waals surface area contributed by atoms with Crippen LogP contribution in [0.3, 0.4) is 0 Å². The quantitative estimate of drug-likeness (QED) is 0.879. The number of hydrogen-bond acceptors (Lipinski definition) is 5. The van der Waals surface area contributed by atoms with Gasteiger partial charge in [0.1, 0.15) is 11.3 Å². The Morgan fingerprint density at radius 1 is 1.39 bits per heavy atom. The second kappa shape index (κ2) is 5.24. The molecule has 3 rings (SSSR count). The fourth-order valence-electron chi connectivity index (χ4n) is 2.74. The van der Waals surface area contributed by atoms with E-state index in [1.165, 1.54) is 23.2 Å². The molecule has 2 N–H and O–H groups in total. The van der Waals surface area contributed by atoms with Crippen molar-refractivity contribution in [2.75, 3.05) is 18.0 Å². The molecule has 0 saturated carbocycles. The second-order valence-electron chi connectivity index (χ2n) is 5.40. The van der Waals surface area contributed by atoms with Crippen LogP contribution in [0.4, 0.5) is 18.9 Å². The smallest absolute Gasteiger partial charge is 0.381 e. The molecule has 1 aliphatic heterocycles. The summed E-state index contributed by atoms with van der Waals surface area (Å²) < 4.78 is 39.8. The minimum Gasteiger partial charge on any atom is -0.381 e. The number of rotatable bonds is 2. The maximum Gasteiger partial charge on any atom is 0.418 e. The Hall–Kier alpha value is -2.60. The van der Waals surface area contributed by atoms with Gasteiger partial charge in [-0.2, -0.15) is 33.8 Å². The summed E-state index contributed by atoms with van der Waals surface area (Å²) in [6, 6.07) is 5.12. The summed E-state index contributed by atoms with van der Waals surface area (Å²) in [4.78, 5) is 1.44. The van der Waals surface area contributed by atoms with E-state index in [0.29, 0.717) is 5.69 Å². The average molecular weight is 323 g/mol. The maximum absolute atomic E-state index is 13.3. The number of nitrogens with one attached hydrogen (secondary N) is 1. The molecule has 0 bridgehead atoms. The molecule has 23 heavy (non-hydrogen) atoms. The van der Waals surface area contributed by atoms with Gasteiger partial charge in [-0.25, -0.2) is 0 Å². The molecule has 1 fully saturated rings. The van der Waals surface area contributed by atoms with E-state index in [1.807, 2.05) is 0 Å². The van der Waals surface area contributed by atoms with Crippen LogP contribution in [0.1, 0.15) is 23.2 Å². The largest absolute Gasteiger partial charge is 0.418 e. The lowest BCUT2D eigenvalue weighted by atomic mass is 10.00. The molecule has 9 heteroatoms. The first-order valence-corrected chi connectivity index (χ1v) is 6.78. The van der Waals surface area contributed by atoms with Crippen molar-refractivity contribution in [2.24, 2.45) is 0 Å². The number of β-amino-alcohol motifs (C(OH)–C–C–N with tert-alkyl or cyclic N) is 1. The van der Waals surface area contributed by atoms with Gasteiger partial charge in [0.25, 0.3) is 0 Å². The van der Waals surface area contributed by atoms with Gasteiger partial charge in [-0.05, 0) is 18.2 Å². The second-order valence-corrected chi connectivity index (χ2v) is 5.40. The van der Waals surface area contributed by atoms with Gasteiger partial charge in [0.2, 0.25) is 0 Å².